The second-order valence-electron chi connectivity index (χ2n) is 8.85. The van der Waals surface area contributed by atoms with Gasteiger partial charge in [0.2, 0.25) is 21.8 Å². The van der Waals surface area contributed by atoms with Gasteiger partial charge in [0.05, 0.1) is 4.90 Å². The number of halogens is 1. The lowest BCUT2D eigenvalue weighted by molar-refractivity contribution is -0.142. The number of benzene rings is 1. The molecule has 2 saturated heterocycles. The number of hydrogen-bond donors (Lipinski definition) is 0. The highest BCUT2D eigenvalue weighted by molar-refractivity contribution is 7.89. The van der Waals surface area contributed by atoms with Gasteiger partial charge in [-0.25, -0.2) is 8.42 Å². The molecule has 2 heterocycles. The zero-order valence-corrected chi connectivity index (χ0v) is 20.6. The van der Waals surface area contributed by atoms with E-state index in [4.69, 9.17) is 11.6 Å². The number of likely N-dealkylation sites (tertiary alicyclic amines) is 1. The Hall–Kier alpha value is -1.64. The maximum Gasteiger partial charge on any atom is 0.243 e. The molecule has 3 rings (SSSR count). The summed E-state index contributed by atoms with van der Waals surface area (Å²) >= 11 is 5.87. The molecule has 2 aliphatic rings. The van der Waals surface area contributed by atoms with Crippen LogP contribution in [0.1, 0.15) is 45.4 Å². The van der Waals surface area contributed by atoms with Crippen LogP contribution in [0.4, 0.5) is 0 Å². The van der Waals surface area contributed by atoms with Crippen molar-refractivity contribution in [3.63, 3.8) is 0 Å². The summed E-state index contributed by atoms with van der Waals surface area (Å²) in [5.41, 5.74) is 0. The van der Waals surface area contributed by atoms with Gasteiger partial charge in [0.1, 0.15) is 0 Å². The maximum atomic E-state index is 13.0. The number of carbonyl (C=O) groups is 2. The van der Waals surface area contributed by atoms with Crippen LogP contribution in [0.25, 0.3) is 0 Å². The fraction of sp³-hybridized carbons (Fsp3) is 0.652. The van der Waals surface area contributed by atoms with E-state index in [1.54, 1.807) is 12.1 Å². The number of piperidine rings is 2. The zero-order chi connectivity index (χ0) is 23.3. The van der Waals surface area contributed by atoms with Gasteiger partial charge in [0, 0.05) is 56.6 Å². The Morgan fingerprint density at radius 1 is 1.00 bits per heavy atom. The van der Waals surface area contributed by atoms with E-state index in [1.165, 1.54) is 16.4 Å². The Morgan fingerprint density at radius 3 is 2.12 bits per heavy atom. The first-order valence-electron chi connectivity index (χ1n) is 11.5. The Kier molecular flexibility index (Phi) is 8.58. The molecule has 1 aromatic carbocycles. The minimum Gasteiger partial charge on any atom is -0.346 e. The normalized spacial score (nSPS) is 19.2. The molecule has 2 amide bonds. The van der Waals surface area contributed by atoms with Crippen LogP contribution in [0, 0.1) is 11.8 Å². The molecule has 0 saturated carbocycles. The van der Waals surface area contributed by atoms with Crippen LogP contribution in [-0.2, 0) is 19.6 Å². The second-order valence-corrected chi connectivity index (χ2v) is 11.2. The van der Waals surface area contributed by atoms with Crippen molar-refractivity contribution in [2.45, 2.75) is 50.3 Å². The van der Waals surface area contributed by atoms with E-state index in [0.29, 0.717) is 56.9 Å². The third-order valence-electron chi connectivity index (χ3n) is 6.63. The first kappa shape index (κ1) is 25.0. The number of amides is 2. The lowest BCUT2D eigenvalue weighted by Gasteiger charge is -2.37. The number of nitrogens with zero attached hydrogens (tertiary/aromatic N) is 3. The summed E-state index contributed by atoms with van der Waals surface area (Å²) in [5.74, 6) is 0.114. The SMILES string of the molecule is CCCCN(C)C(=O)C1CCN(C(=O)C2CCN(S(=O)(=O)c3ccc(Cl)cc3)CC2)CC1. The Morgan fingerprint density at radius 2 is 1.56 bits per heavy atom. The van der Waals surface area contributed by atoms with Gasteiger partial charge in [-0.2, -0.15) is 4.31 Å². The molecule has 2 aliphatic heterocycles. The number of rotatable bonds is 7. The van der Waals surface area contributed by atoms with E-state index in [0.717, 1.165) is 19.4 Å². The van der Waals surface area contributed by atoms with Crippen molar-refractivity contribution in [2.24, 2.45) is 11.8 Å². The highest BCUT2D eigenvalue weighted by Crippen LogP contribution is 2.28. The minimum atomic E-state index is -3.58. The van der Waals surface area contributed by atoms with Crippen molar-refractivity contribution in [3.8, 4) is 0 Å². The molecule has 178 valence electrons. The monoisotopic (exact) mass is 483 g/mol. The first-order chi connectivity index (χ1) is 15.2. The summed E-state index contributed by atoms with van der Waals surface area (Å²) in [5, 5.41) is 0.492. The lowest BCUT2D eigenvalue weighted by Crippen LogP contribution is -2.48. The van der Waals surface area contributed by atoms with Crippen molar-refractivity contribution in [2.75, 3.05) is 39.8 Å². The second kappa shape index (κ2) is 11.0. The average molecular weight is 484 g/mol. The van der Waals surface area contributed by atoms with Gasteiger partial charge in [-0.15, -0.1) is 0 Å². The largest absolute Gasteiger partial charge is 0.346 e. The minimum absolute atomic E-state index is 0.00716. The van der Waals surface area contributed by atoms with Crippen LogP contribution in [-0.4, -0.2) is 74.1 Å². The van der Waals surface area contributed by atoms with Gasteiger partial charge >= 0.3 is 0 Å². The first-order valence-corrected chi connectivity index (χ1v) is 13.3. The summed E-state index contributed by atoms with van der Waals surface area (Å²) in [4.78, 5) is 29.5. The van der Waals surface area contributed by atoms with Gasteiger partial charge in [0.15, 0.2) is 0 Å². The van der Waals surface area contributed by atoms with Crippen LogP contribution in [0.3, 0.4) is 0 Å². The smallest absolute Gasteiger partial charge is 0.243 e. The lowest BCUT2D eigenvalue weighted by atomic mass is 9.92. The van der Waals surface area contributed by atoms with E-state index < -0.39 is 10.0 Å². The van der Waals surface area contributed by atoms with Crippen LogP contribution >= 0.6 is 11.6 Å². The highest BCUT2D eigenvalue weighted by atomic mass is 35.5. The molecule has 0 atom stereocenters. The topological polar surface area (TPSA) is 78.0 Å². The Balaban J connectivity index is 1.49. The standard InChI is InChI=1S/C23H34ClN3O4S/c1-3-4-13-25(2)22(28)18-9-14-26(15-10-18)23(29)19-11-16-27(17-12-19)32(30,31)21-7-5-20(24)6-8-21/h5-8,18-19H,3-4,9-17H2,1-2H3. The number of unbranched alkanes of at least 4 members (excludes halogenated alkanes) is 1. The third kappa shape index (κ3) is 5.83. The molecule has 32 heavy (non-hydrogen) atoms. The maximum absolute atomic E-state index is 13.0. The summed E-state index contributed by atoms with van der Waals surface area (Å²) in [6, 6.07) is 6.17. The quantitative estimate of drug-likeness (QED) is 0.596. The van der Waals surface area contributed by atoms with Gasteiger partial charge in [-0.3, -0.25) is 9.59 Å². The van der Waals surface area contributed by atoms with Gasteiger partial charge in [0.25, 0.3) is 0 Å². The van der Waals surface area contributed by atoms with Crippen LogP contribution < -0.4 is 0 Å². The molecule has 0 aromatic heterocycles. The van der Waals surface area contributed by atoms with E-state index in [9.17, 15) is 18.0 Å². The molecular weight excluding hydrogens is 450 g/mol. The highest BCUT2D eigenvalue weighted by Gasteiger charge is 2.36. The number of hydrogen-bond acceptors (Lipinski definition) is 4. The van der Waals surface area contributed by atoms with Crippen LogP contribution in [0.2, 0.25) is 5.02 Å². The summed E-state index contributed by atoms with van der Waals surface area (Å²) < 4.78 is 27.2. The molecule has 0 spiro atoms. The number of sulfonamides is 1. The molecular formula is C23H34ClN3O4S. The zero-order valence-electron chi connectivity index (χ0n) is 19.0. The molecule has 0 aliphatic carbocycles. The molecule has 0 radical (unpaired) electrons. The summed E-state index contributed by atoms with van der Waals surface area (Å²) in [6.07, 6.45) is 4.50. The predicted molar refractivity (Wildman–Crippen MR) is 125 cm³/mol. The summed E-state index contributed by atoms with van der Waals surface area (Å²) in [6.45, 7) is 4.75. The van der Waals surface area contributed by atoms with Gasteiger partial charge in [-0.1, -0.05) is 24.9 Å². The van der Waals surface area contributed by atoms with Gasteiger partial charge in [-0.05, 0) is 56.4 Å². The van der Waals surface area contributed by atoms with Crippen molar-refractivity contribution >= 4 is 33.4 Å². The Bertz CT molecular complexity index is 890. The van der Waals surface area contributed by atoms with E-state index >= 15 is 0 Å². The van der Waals surface area contributed by atoms with Crippen molar-refractivity contribution in [3.05, 3.63) is 29.3 Å². The molecule has 0 unspecified atom stereocenters. The third-order valence-corrected chi connectivity index (χ3v) is 8.80. The molecule has 0 N–H and O–H groups in total. The van der Waals surface area contributed by atoms with Crippen LogP contribution in [0.5, 0.6) is 0 Å². The van der Waals surface area contributed by atoms with E-state index in [2.05, 4.69) is 6.92 Å². The fourth-order valence-electron chi connectivity index (χ4n) is 4.52. The Labute approximate surface area is 196 Å². The van der Waals surface area contributed by atoms with E-state index in [-0.39, 0.29) is 28.5 Å². The van der Waals surface area contributed by atoms with Crippen molar-refractivity contribution < 1.29 is 18.0 Å². The number of carbonyl (C=O) groups excluding carboxylic acids is 2. The molecule has 7 nitrogen and oxygen atoms in total. The van der Waals surface area contributed by atoms with Crippen molar-refractivity contribution in [1.82, 2.24) is 14.1 Å². The molecule has 0 bridgehead atoms. The van der Waals surface area contributed by atoms with Crippen molar-refractivity contribution in [1.29, 1.82) is 0 Å². The fourth-order valence-corrected chi connectivity index (χ4v) is 6.12. The summed E-state index contributed by atoms with van der Waals surface area (Å²) in [7, 11) is -1.71. The molecule has 2 fully saturated rings. The van der Waals surface area contributed by atoms with Gasteiger partial charge < -0.3 is 9.80 Å². The molecule has 9 heteroatoms. The van der Waals surface area contributed by atoms with Crippen LogP contribution in [0.15, 0.2) is 29.2 Å². The van der Waals surface area contributed by atoms with E-state index in [1.807, 2.05) is 16.8 Å². The average Bonchev–Trinajstić information content (AvgIpc) is 2.82. The molecule has 1 aromatic rings. The predicted octanol–water partition coefficient (Wildman–Crippen LogP) is 3.24.